The van der Waals surface area contributed by atoms with Crippen LogP contribution in [0.2, 0.25) is 0 Å². The summed E-state index contributed by atoms with van der Waals surface area (Å²) in [5, 5.41) is 9.89. The van der Waals surface area contributed by atoms with Crippen molar-refractivity contribution in [2.24, 2.45) is 5.92 Å². The van der Waals surface area contributed by atoms with Gasteiger partial charge < -0.3 is 14.7 Å². The maximum atomic E-state index is 13.6. The first-order valence-electron chi connectivity index (χ1n) is 12.7. The van der Waals surface area contributed by atoms with Gasteiger partial charge in [-0.25, -0.2) is 8.42 Å². The second-order valence-electron chi connectivity index (χ2n) is 9.93. The van der Waals surface area contributed by atoms with Gasteiger partial charge in [0.05, 0.1) is 23.1 Å². The minimum atomic E-state index is -3.84. The predicted octanol–water partition coefficient (Wildman–Crippen LogP) is 3.84. The molecule has 0 aromatic heterocycles. The standard InChI is InChI=1S/C29H35N3O5S/c1-21-17-32(22(2)20-33)29(34)26-16-24(30-38(35,36)25-12-8-5-9-13-25)14-15-27(26)37-28(21)19-31(3)18-23-10-6-4-7-11-23/h4-16,21-22,28,30,33H,17-20H2,1-3H3/t21-,22-,28+/m1/s1. The van der Waals surface area contributed by atoms with E-state index in [2.05, 4.69) is 21.8 Å². The van der Waals surface area contributed by atoms with E-state index in [1.807, 2.05) is 32.2 Å². The van der Waals surface area contributed by atoms with Crippen LogP contribution in [-0.2, 0) is 16.6 Å². The lowest BCUT2D eigenvalue weighted by molar-refractivity contribution is 0.0341. The SMILES string of the molecule is C[C@@H]1CN([C@H](C)CO)C(=O)c2cc(NS(=O)(=O)c3ccccc3)ccc2O[C@H]1CN(C)Cc1ccccc1. The van der Waals surface area contributed by atoms with E-state index in [0.29, 0.717) is 18.8 Å². The first-order valence-corrected chi connectivity index (χ1v) is 14.2. The van der Waals surface area contributed by atoms with E-state index in [4.69, 9.17) is 4.74 Å². The molecule has 8 nitrogen and oxygen atoms in total. The monoisotopic (exact) mass is 537 g/mol. The molecule has 202 valence electrons. The van der Waals surface area contributed by atoms with Crippen molar-refractivity contribution >= 4 is 21.6 Å². The average Bonchev–Trinajstić information content (AvgIpc) is 2.91. The number of carbonyl (C=O) groups is 1. The molecule has 4 rings (SSSR count). The van der Waals surface area contributed by atoms with Crippen LogP contribution in [0.5, 0.6) is 5.75 Å². The second-order valence-corrected chi connectivity index (χ2v) is 11.6. The van der Waals surface area contributed by atoms with Gasteiger partial charge in [-0.15, -0.1) is 0 Å². The second kappa shape index (κ2) is 12.0. The summed E-state index contributed by atoms with van der Waals surface area (Å²) in [5.41, 5.74) is 1.70. The van der Waals surface area contributed by atoms with E-state index in [9.17, 15) is 18.3 Å². The van der Waals surface area contributed by atoms with Crippen LogP contribution in [0.15, 0.2) is 83.8 Å². The van der Waals surface area contributed by atoms with Crippen molar-refractivity contribution in [3.05, 3.63) is 90.0 Å². The zero-order valence-electron chi connectivity index (χ0n) is 21.9. The third kappa shape index (κ3) is 6.53. The number of fused-ring (bicyclic) bond motifs is 1. The molecule has 38 heavy (non-hydrogen) atoms. The van der Waals surface area contributed by atoms with Gasteiger partial charge in [0.2, 0.25) is 0 Å². The number of anilines is 1. The van der Waals surface area contributed by atoms with Crippen LogP contribution in [-0.4, -0.2) is 68.1 Å². The molecule has 1 aliphatic heterocycles. The van der Waals surface area contributed by atoms with Gasteiger partial charge in [0, 0.05) is 31.2 Å². The number of carbonyl (C=O) groups excluding carboxylic acids is 1. The van der Waals surface area contributed by atoms with Gasteiger partial charge in [-0.2, -0.15) is 0 Å². The predicted molar refractivity (Wildman–Crippen MR) is 148 cm³/mol. The van der Waals surface area contributed by atoms with E-state index in [-0.39, 0.29) is 40.7 Å². The molecule has 2 N–H and O–H groups in total. The fraction of sp³-hybridized carbons (Fsp3) is 0.345. The quantitative estimate of drug-likeness (QED) is 0.430. The van der Waals surface area contributed by atoms with Gasteiger partial charge in [-0.1, -0.05) is 55.5 Å². The molecule has 0 bridgehead atoms. The highest BCUT2D eigenvalue weighted by Gasteiger charge is 2.33. The first kappa shape index (κ1) is 27.6. The van der Waals surface area contributed by atoms with Gasteiger partial charge in [0.25, 0.3) is 15.9 Å². The summed E-state index contributed by atoms with van der Waals surface area (Å²) in [6.07, 6.45) is -0.240. The Balaban J connectivity index is 1.63. The van der Waals surface area contributed by atoms with Crippen LogP contribution in [0.4, 0.5) is 5.69 Å². The Morgan fingerprint density at radius 1 is 1.08 bits per heavy atom. The molecule has 1 amide bonds. The van der Waals surface area contributed by atoms with Gasteiger partial charge >= 0.3 is 0 Å². The highest BCUT2D eigenvalue weighted by molar-refractivity contribution is 7.92. The van der Waals surface area contributed by atoms with Crippen molar-refractivity contribution in [1.82, 2.24) is 9.80 Å². The molecule has 0 saturated heterocycles. The normalized spacial score (nSPS) is 18.8. The Morgan fingerprint density at radius 2 is 1.74 bits per heavy atom. The van der Waals surface area contributed by atoms with E-state index >= 15 is 0 Å². The first-order chi connectivity index (χ1) is 18.2. The zero-order valence-corrected chi connectivity index (χ0v) is 22.8. The molecule has 9 heteroatoms. The van der Waals surface area contributed by atoms with E-state index < -0.39 is 16.1 Å². The molecule has 0 unspecified atom stereocenters. The molecule has 3 aromatic carbocycles. The Labute approximate surface area is 224 Å². The third-order valence-electron chi connectivity index (χ3n) is 6.76. The Bertz CT molecular complexity index is 1330. The number of rotatable bonds is 9. The molecular weight excluding hydrogens is 502 g/mol. The zero-order chi connectivity index (χ0) is 27.3. The van der Waals surface area contributed by atoms with Crippen molar-refractivity contribution < 1.29 is 23.1 Å². The number of benzene rings is 3. The Hall–Kier alpha value is -3.40. The minimum absolute atomic E-state index is 0.0180. The Kier molecular flexibility index (Phi) is 8.71. The molecule has 3 aromatic rings. The number of ether oxygens (including phenoxy) is 1. The summed E-state index contributed by atoms with van der Waals surface area (Å²) < 4.78 is 34.8. The van der Waals surface area contributed by atoms with E-state index in [1.165, 1.54) is 23.8 Å². The molecule has 1 heterocycles. The summed E-state index contributed by atoms with van der Waals surface area (Å²) in [6.45, 7) is 5.41. The number of aliphatic hydroxyl groups is 1. The summed E-state index contributed by atoms with van der Waals surface area (Å²) >= 11 is 0. The topological polar surface area (TPSA) is 99.2 Å². The van der Waals surface area contributed by atoms with Crippen molar-refractivity contribution in [1.29, 1.82) is 0 Å². The molecule has 1 aliphatic rings. The minimum Gasteiger partial charge on any atom is -0.488 e. The number of aliphatic hydroxyl groups excluding tert-OH is 1. The lowest BCUT2D eigenvalue weighted by Gasteiger charge is -2.38. The number of hydrogen-bond donors (Lipinski definition) is 2. The fourth-order valence-corrected chi connectivity index (χ4v) is 5.66. The molecule has 0 saturated carbocycles. The van der Waals surface area contributed by atoms with Crippen molar-refractivity contribution in [3.63, 3.8) is 0 Å². The molecular formula is C29H35N3O5S. The van der Waals surface area contributed by atoms with Gasteiger partial charge in [-0.05, 0) is 49.9 Å². The van der Waals surface area contributed by atoms with Gasteiger partial charge in [0.15, 0.2) is 0 Å². The fourth-order valence-electron chi connectivity index (χ4n) is 4.58. The van der Waals surface area contributed by atoms with E-state index in [1.54, 1.807) is 42.2 Å². The van der Waals surface area contributed by atoms with Crippen molar-refractivity contribution in [2.75, 3.05) is 31.5 Å². The summed E-state index contributed by atoms with van der Waals surface area (Å²) in [7, 11) is -1.80. The van der Waals surface area contributed by atoms with Crippen LogP contribution < -0.4 is 9.46 Å². The smallest absolute Gasteiger partial charge is 0.261 e. The summed E-state index contributed by atoms with van der Waals surface area (Å²) in [5.74, 6) is 0.0540. The van der Waals surface area contributed by atoms with Gasteiger partial charge in [-0.3, -0.25) is 14.4 Å². The molecule has 0 fully saturated rings. The van der Waals surface area contributed by atoms with E-state index in [0.717, 1.165) is 6.54 Å². The van der Waals surface area contributed by atoms with Crippen LogP contribution in [0.1, 0.15) is 29.8 Å². The maximum Gasteiger partial charge on any atom is 0.261 e. The number of sulfonamides is 1. The number of nitrogens with one attached hydrogen (secondary N) is 1. The number of hydrogen-bond acceptors (Lipinski definition) is 6. The van der Waals surface area contributed by atoms with Gasteiger partial charge in [0.1, 0.15) is 11.9 Å². The lowest BCUT2D eigenvalue weighted by Crippen LogP contribution is -2.49. The van der Waals surface area contributed by atoms with Crippen LogP contribution in [0, 0.1) is 5.92 Å². The van der Waals surface area contributed by atoms with Crippen molar-refractivity contribution in [3.8, 4) is 5.75 Å². The summed E-state index contributed by atoms with van der Waals surface area (Å²) in [6, 6.07) is 22.6. The van der Waals surface area contributed by atoms with Crippen LogP contribution >= 0.6 is 0 Å². The van der Waals surface area contributed by atoms with Crippen molar-refractivity contribution in [2.45, 2.75) is 37.4 Å². The van der Waals surface area contributed by atoms with Crippen LogP contribution in [0.25, 0.3) is 0 Å². The maximum absolute atomic E-state index is 13.6. The molecule has 3 atom stereocenters. The highest BCUT2D eigenvalue weighted by Crippen LogP contribution is 2.31. The highest BCUT2D eigenvalue weighted by atomic mass is 32.2. The third-order valence-corrected chi connectivity index (χ3v) is 8.15. The summed E-state index contributed by atoms with van der Waals surface area (Å²) in [4.78, 5) is 17.6. The molecule has 0 aliphatic carbocycles. The number of amides is 1. The largest absolute Gasteiger partial charge is 0.488 e. The van der Waals surface area contributed by atoms with Crippen LogP contribution in [0.3, 0.4) is 0 Å². The molecule has 0 spiro atoms. The number of nitrogens with zero attached hydrogens (tertiary/aromatic N) is 2. The average molecular weight is 538 g/mol. The Morgan fingerprint density at radius 3 is 2.39 bits per heavy atom. The lowest BCUT2D eigenvalue weighted by atomic mass is 9.99. The molecule has 0 radical (unpaired) electrons. The number of likely N-dealkylation sites (N-methyl/N-ethyl adjacent to an activating group) is 1.